The number of pyridine rings is 1. The number of likely N-dealkylation sites (tertiary alicyclic amines) is 1. The van der Waals surface area contributed by atoms with Gasteiger partial charge in [0.1, 0.15) is 0 Å². The van der Waals surface area contributed by atoms with Crippen molar-refractivity contribution >= 4 is 5.91 Å². The van der Waals surface area contributed by atoms with Crippen LogP contribution in [0.15, 0.2) is 18.5 Å². The van der Waals surface area contributed by atoms with Gasteiger partial charge in [0.25, 0.3) is 0 Å². The maximum atomic E-state index is 12.2. The van der Waals surface area contributed by atoms with Gasteiger partial charge in [0, 0.05) is 44.1 Å². The predicted octanol–water partition coefficient (Wildman–Crippen LogP) is 1.57. The lowest BCUT2D eigenvalue weighted by atomic mass is 9.73. The van der Waals surface area contributed by atoms with Crippen LogP contribution in [0.2, 0.25) is 0 Å². The van der Waals surface area contributed by atoms with Gasteiger partial charge in [0.05, 0.1) is 6.42 Å². The van der Waals surface area contributed by atoms with Gasteiger partial charge in [-0.2, -0.15) is 0 Å². The Morgan fingerprint density at radius 3 is 2.84 bits per heavy atom. The van der Waals surface area contributed by atoms with E-state index in [1.807, 2.05) is 24.1 Å². The van der Waals surface area contributed by atoms with Crippen LogP contribution in [-0.4, -0.2) is 42.1 Å². The molecule has 1 aromatic heterocycles. The number of rotatable bonds is 2. The molecule has 3 rings (SSSR count). The Labute approximate surface area is 113 Å². The third-order valence-corrected chi connectivity index (χ3v) is 4.44. The minimum atomic E-state index is 0.242. The van der Waals surface area contributed by atoms with Gasteiger partial charge in [-0.1, -0.05) is 0 Å². The molecule has 0 saturated carbocycles. The second-order valence-electron chi connectivity index (χ2n) is 5.84. The summed E-state index contributed by atoms with van der Waals surface area (Å²) in [5.74, 6) is 0.242. The minimum Gasteiger partial charge on any atom is -0.381 e. The largest absolute Gasteiger partial charge is 0.381 e. The van der Waals surface area contributed by atoms with Gasteiger partial charge in [-0.3, -0.25) is 9.78 Å². The quantitative estimate of drug-likeness (QED) is 0.810. The number of amides is 1. The van der Waals surface area contributed by atoms with E-state index in [1.54, 1.807) is 6.20 Å². The summed E-state index contributed by atoms with van der Waals surface area (Å²) >= 11 is 0. The monoisotopic (exact) mass is 260 g/mol. The highest BCUT2D eigenvalue weighted by molar-refractivity contribution is 5.80. The maximum absolute atomic E-state index is 12.2. The molecule has 0 aliphatic carbocycles. The average molecular weight is 260 g/mol. The Morgan fingerprint density at radius 2 is 2.16 bits per heavy atom. The molecule has 0 N–H and O–H groups in total. The van der Waals surface area contributed by atoms with E-state index in [-0.39, 0.29) is 5.91 Å². The standard InChI is InChI=1S/C15H20N2O2/c1-12-9-16-5-2-13(12)8-14(18)17-10-15(11-17)3-6-19-7-4-15/h2,5,9H,3-4,6-8,10-11H2,1H3. The highest BCUT2D eigenvalue weighted by atomic mass is 16.5. The van der Waals surface area contributed by atoms with Crippen molar-refractivity contribution in [1.29, 1.82) is 0 Å². The summed E-state index contributed by atoms with van der Waals surface area (Å²) in [5, 5.41) is 0. The molecule has 3 heterocycles. The first-order valence-electron chi connectivity index (χ1n) is 6.94. The zero-order valence-electron chi connectivity index (χ0n) is 11.4. The summed E-state index contributed by atoms with van der Waals surface area (Å²) in [5.41, 5.74) is 2.55. The van der Waals surface area contributed by atoms with Crippen molar-refractivity contribution in [2.45, 2.75) is 26.2 Å². The molecule has 19 heavy (non-hydrogen) atoms. The van der Waals surface area contributed by atoms with Crippen LogP contribution in [-0.2, 0) is 16.0 Å². The van der Waals surface area contributed by atoms with Crippen molar-refractivity contribution in [3.8, 4) is 0 Å². The highest BCUT2D eigenvalue weighted by Gasteiger charge is 2.45. The summed E-state index contributed by atoms with van der Waals surface area (Å²) < 4.78 is 5.40. The lowest BCUT2D eigenvalue weighted by Crippen LogP contribution is -2.60. The summed E-state index contributed by atoms with van der Waals surface area (Å²) in [6.07, 6.45) is 6.28. The molecule has 0 bridgehead atoms. The molecule has 4 nitrogen and oxygen atoms in total. The fraction of sp³-hybridized carbons (Fsp3) is 0.600. The van der Waals surface area contributed by atoms with Gasteiger partial charge in [-0.15, -0.1) is 0 Å². The first-order valence-corrected chi connectivity index (χ1v) is 6.94. The number of hydrogen-bond donors (Lipinski definition) is 0. The van der Waals surface area contributed by atoms with Crippen molar-refractivity contribution in [1.82, 2.24) is 9.88 Å². The number of carbonyl (C=O) groups is 1. The molecule has 2 aliphatic rings. The molecule has 2 aliphatic heterocycles. The van der Waals surface area contributed by atoms with E-state index in [2.05, 4.69) is 4.98 Å². The second-order valence-corrected chi connectivity index (χ2v) is 5.84. The normalized spacial score (nSPS) is 21.2. The molecule has 0 radical (unpaired) electrons. The highest BCUT2D eigenvalue weighted by Crippen LogP contribution is 2.39. The Kier molecular flexibility index (Phi) is 3.27. The van der Waals surface area contributed by atoms with Crippen molar-refractivity contribution < 1.29 is 9.53 Å². The van der Waals surface area contributed by atoms with Crippen LogP contribution >= 0.6 is 0 Å². The SMILES string of the molecule is Cc1cnccc1CC(=O)N1CC2(CCOCC2)C1. The van der Waals surface area contributed by atoms with Crippen LogP contribution in [0.5, 0.6) is 0 Å². The van der Waals surface area contributed by atoms with E-state index >= 15 is 0 Å². The molecular formula is C15H20N2O2. The Morgan fingerprint density at radius 1 is 1.42 bits per heavy atom. The van der Waals surface area contributed by atoms with Gasteiger partial charge in [-0.25, -0.2) is 0 Å². The van der Waals surface area contributed by atoms with Crippen molar-refractivity contribution in [2.75, 3.05) is 26.3 Å². The van der Waals surface area contributed by atoms with Crippen LogP contribution in [0.3, 0.4) is 0 Å². The number of nitrogens with zero attached hydrogens (tertiary/aromatic N) is 2. The first-order chi connectivity index (χ1) is 9.19. The Bertz CT molecular complexity index is 473. The van der Waals surface area contributed by atoms with Gasteiger partial charge in [0.2, 0.25) is 5.91 Å². The molecule has 1 spiro atoms. The smallest absolute Gasteiger partial charge is 0.227 e. The zero-order valence-corrected chi connectivity index (χ0v) is 11.4. The lowest BCUT2D eigenvalue weighted by molar-refractivity contribution is -0.149. The molecular weight excluding hydrogens is 240 g/mol. The number of aryl methyl sites for hydroxylation is 1. The van der Waals surface area contributed by atoms with E-state index in [1.165, 1.54) is 0 Å². The number of carbonyl (C=O) groups excluding carboxylic acids is 1. The van der Waals surface area contributed by atoms with Crippen molar-refractivity contribution in [3.05, 3.63) is 29.6 Å². The lowest BCUT2D eigenvalue weighted by Gasteiger charge is -2.52. The Balaban J connectivity index is 1.57. The number of hydrogen-bond acceptors (Lipinski definition) is 3. The molecule has 4 heteroatoms. The summed E-state index contributed by atoms with van der Waals surface area (Å²) in [7, 11) is 0. The van der Waals surface area contributed by atoms with E-state index in [9.17, 15) is 4.79 Å². The van der Waals surface area contributed by atoms with E-state index in [0.29, 0.717) is 11.8 Å². The first kappa shape index (κ1) is 12.6. The maximum Gasteiger partial charge on any atom is 0.227 e. The van der Waals surface area contributed by atoms with Crippen molar-refractivity contribution in [3.63, 3.8) is 0 Å². The van der Waals surface area contributed by atoms with Crippen LogP contribution in [0, 0.1) is 12.3 Å². The average Bonchev–Trinajstić information content (AvgIpc) is 2.39. The molecule has 0 atom stereocenters. The van der Waals surface area contributed by atoms with E-state index in [0.717, 1.165) is 50.3 Å². The molecule has 2 saturated heterocycles. The van der Waals surface area contributed by atoms with Crippen LogP contribution in [0.1, 0.15) is 24.0 Å². The third kappa shape index (κ3) is 2.50. The zero-order chi connectivity index (χ0) is 13.3. The van der Waals surface area contributed by atoms with Crippen LogP contribution in [0.25, 0.3) is 0 Å². The molecule has 2 fully saturated rings. The van der Waals surface area contributed by atoms with Gasteiger partial charge >= 0.3 is 0 Å². The van der Waals surface area contributed by atoms with Gasteiger partial charge in [0.15, 0.2) is 0 Å². The van der Waals surface area contributed by atoms with Gasteiger partial charge < -0.3 is 9.64 Å². The molecule has 1 amide bonds. The molecule has 0 aromatic carbocycles. The van der Waals surface area contributed by atoms with Gasteiger partial charge in [-0.05, 0) is 37.0 Å². The molecule has 1 aromatic rings. The predicted molar refractivity (Wildman–Crippen MR) is 71.7 cm³/mol. The summed E-state index contributed by atoms with van der Waals surface area (Å²) in [4.78, 5) is 18.3. The summed E-state index contributed by atoms with van der Waals surface area (Å²) in [6.45, 7) is 5.54. The van der Waals surface area contributed by atoms with Crippen LogP contribution < -0.4 is 0 Å². The van der Waals surface area contributed by atoms with E-state index in [4.69, 9.17) is 4.74 Å². The third-order valence-electron chi connectivity index (χ3n) is 4.44. The van der Waals surface area contributed by atoms with Crippen LogP contribution in [0.4, 0.5) is 0 Å². The Hall–Kier alpha value is -1.42. The second kappa shape index (κ2) is 4.93. The number of aromatic nitrogens is 1. The molecule has 102 valence electrons. The van der Waals surface area contributed by atoms with Crippen molar-refractivity contribution in [2.24, 2.45) is 5.41 Å². The fourth-order valence-electron chi connectivity index (χ4n) is 3.04. The topological polar surface area (TPSA) is 42.4 Å². The number of ether oxygens (including phenoxy) is 1. The minimum absolute atomic E-state index is 0.242. The summed E-state index contributed by atoms with van der Waals surface area (Å²) in [6, 6.07) is 1.94. The van der Waals surface area contributed by atoms with E-state index < -0.39 is 0 Å². The molecule has 0 unspecified atom stereocenters. The fourth-order valence-corrected chi connectivity index (χ4v) is 3.04.